The fraction of sp³-hybridized carbons (Fsp3) is 0.268. The van der Waals surface area contributed by atoms with E-state index in [0.717, 1.165) is 48.7 Å². The van der Waals surface area contributed by atoms with Gasteiger partial charge in [0.2, 0.25) is 0 Å². The van der Waals surface area contributed by atoms with Crippen LogP contribution in [0.5, 0.6) is 28.7 Å². The summed E-state index contributed by atoms with van der Waals surface area (Å²) in [6.07, 6.45) is 3.97. The Hall–Kier alpha value is -4.50. The molecule has 0 atom stereocenters. The quantitative estimate of drug-likeness (QED) is 0.158. The van der Waals surface area contributed by atoms with Crippen LogP contribution in [-0.4, -0.2) is 5.11 Å². The monoisotopic (exact) mass is 584 g/mol. The van der Waals surface area contributed by atoms with Gasteiger partial charge < -0.3 is 14.6 Å². The van der Waals surface area contributed by atoms with Crippen molar-refractivity contribution in [2.45, 2.75) is 71.1 Å². The number of aryl methyl sites for hydroxylation is 1. The lowest BCUT2D eigenvalue weighted by Crippen LogP contribution is -2.25. The van der Waals surface area contributed by atoms with E-state index in [-0.39, 0.29) is 16.6 Å². The van der Waals surface area contributed by atoms with E-state index < -0.39 is 0 Å². The molecular weight excluding hydrogens is 540 g/mol. The molecule has 0 aliphatic heterocycles. The highest BCUT2D eigenvalue weighted by Gasteiger charge is 2.31. The van der Waals surface area contributed by atoms with Gasteiger partial charge in [-0.15, -0.1) is 0 Å². The molecule has 3 heteroatoms. The molecule has 5 aromatic rings. The number of hydrogen-bond donors (Lipinski definition) is 1. The number of hydrogen-bond acceptors (Lipinski definition) is 3. The number of benzene rings is 5. The molecule has 0 heterocycles. The van der Waals surface area contributed by atoms with Crippen LogP contribution in [0.25, 0.3) is 0 Å². The highest BCUT2D eigenvalue weighted by atomic mass is 16.5. The second-order valence-electron chi connectivity index (χ2n) is 11.7. The Bertz CT molecular complexity index is 1500. The van der Waals surface area contributed by atoms with Crippen LogP contribution in [0.1, 0.15) is 81.2 Å². The van der Waals surface area contributed by atoms with Gasteiger partial charge in [0.05, 0.1) is 0 Å². The predicted molar refractivity (Wildman–Crippen MR) is 181 cm³/mol. The molecule has 0 fully saturated rings. The summed E-state index contributed by atoms with van der Waals surface area (Å²) in [6.45, 7) is 11.1. The Kier molecular flexibility index (Phi) is 9.44. The summed E-state index contributed by atoms with van der Waals surface area (Å²) in [4.78, 5) is 0. The molecule has 0 radical (unpaired) electrons. The summed E-state index contributed by atoms with van der Waals surface area (Å²) in [7, 11) is 0. The van der Waals surface area contributed by atoms with Crippen LogP contribution in [0.3, 0.4) is 0 Å². The van der Waals surface area contributed by atoms with Crippen LogP contribution in [-0.2, 0) is 10.8 Å². The third-order valence-corrected chi connectivity index (χ3v) is 9.53. The Morgan fingerprint density at radius 1 is 0.455 bits per heavy atom. The number of aromatic hydroxyl groups is 1. The maximum absolute atomic E-state index is 9.80. The van der Waals surface area contributed by atoms with Crippen molar-refractivity contribution in [3.05, 3.63) is 149 Å². The second-order valence-corrected chi connectivity index (χ2v) is 11.7. The van der Waals surface area contributed by atoms with Gasteiger partial charge in [-0.25, -0.2) is 0 Å². The highest BCUT2D eigenvalue weighted by Crippen LogP contribution is 2.41. The molecule has 0 bridgehead atoms. The molecule has 5 aromatic carbocycles. The molecule has 5 rings (SSSR count). The van der Waals surface area contributed by atoms with Crippen molar-refractivity contribution in [3.8, 4) is 28.7 Å². The zero-order valence-electron chi connectivity index (χ0n) is 26.6. The van der Waals surface area contributed by atoms with Crippen molar-refractivity contribution in [2.75, 3.05) is 0 Å². The van der Waals surface area contributed by atoms with Gasteiger partial charge in [-0.2, -0.15) is 0 Å². The lowest BCUT2D eigenvalue weighted by Gasteiger charge is -2.33. The lowest BCUT2D eigenvalue weighted by molar-refractivity contribution is 0.455. The summed E-state index contributed by atoms with van der Waals surface area (Å²) >= 11 is 0. The molecule has 0 aliphatic carbocycles. The number of rotatable bonds is 12. The largest absolute Gasteiger partial charge is 0.508 e. The smallest absolute Gasteiger partial charge is 0.131 e. The molecule has 0 amide bonds. The SMILES string of the molecule is CCC(CC)(c1ccc(C)cc1)c1ccc(Oc2cccc(Oc3ccc(C(CC)(CC)c4ccc(O)cc4)cc3)c2)cc1. The molecule has 0 spiro atoms. The minimum atomic E-state index is -0.121. The van der Waals surface area contributed by atoms with Gasteiger partial charge in [-0.3, -0.25) is 0 Å². The third kappa shape index (κ3) is 6.24. The Morgan fingerprint density at radius 3 is 1.16 bits per heavy atom. The third-order valence-electron chi connectivity index (χ3n) is 9.53. The zero-order valence-corrected chi connectivity index (χ0v) is 26.6. The van der Waals surface area contributed by atoms with E-state index in [9.17, 15) is 5.11 Å². The number of ether oxygens (including phenoxy) is 2. The second kappa shape index (κ2) is 13.4. The molecule has 0 saturated carbocycles. The van der Waals surface area contributed by atoms with E-state index >= 15 is 0 Å². The maximum atomic E-state index is 9.80. The van der Waals surface area contributed by atoms with Crippen molar-refractivity contribution >= 4 is 0 Å². The molecule has 44 heavy (non-hydrogen) atoms. The van der Waals surface area contributed by atoms with Gasteiger partial charge in [0.1, 0.15) is 28.7 Å². The van der Waals surface area contributed by atoms with Crippen molar-refractivity contribution in [1.82, 2.24) is 0 Å². The van der Waals surface area contributed by atoms with Crippen molar-refractivity contribution < 1.29 is 14.6 Å². The first-order chi connectivity index (χ1) is 21.4. The molecule has 0 saturated heterocycles. The van der Waals surface area contributed by atoms with Crippen molar-refractivity contribution in [1.29, 1.82) is 0 Å². The first-order valence-corrected chi connectivity index (χ1v) is 15.9. The Labute approximate surface area is 263 Å². The van der Waals surface area contributed by atoms with Gasteiger partial charge in [0.25, 0.3) is 0 Å². The van der Waals surface area contributed by atoms with E-state index in [1.165, 1.54) is 27.8 Å². The minimum Gasteiger partial charge on any atom is -0.508 e. The number of phenols is 1. The molecule has 0 aliphatic rings. The van der Waals surface area contributed by atoms with Gasteiger partial charge in [0.15, 0.2) is 0 Å². The van der Waals surface area contributed by atoms with Crippen LogP contribution in [0.15, 0.2) is 121 Å². The first-order valence-electron chi connectivity index (χ1n) is 15.9. The van der Waals surface area contributed by atoms with Gasteiger partial charge in [0, 0.05) is 16.9 Å². The van der Waals surface area contributed by atoms with Crippen LogP contribution >= 0.6 is 0 Å². The average molecular weight is 585 g/mol. The maximum Gasteiger partial charge on any atom is 0.131 e. The average Bonchev–Trinajstić information content (AvgIpc) is 3.06. The highest BCUT2D eigenvalue weighted by molar-refractivity contribution is 5.46. The molecule has 1 N–H and O–H groups in total. The first kappa shape index (κ1) is 30.9. The van der Waals surface area contributed by atoms with E-state index in [1.807, 2.05) is 48.5 Å². The van der Waals surface area contributed by atoms with Crippen molar-refractivity contribution in [3.63, 3.8) is 0 Å². The summed E-state index contributed by atoms with van der Waals surface area (Å²) < 4.78 is 12.5. The topological polar surface area (TPSA) is 38.7 Å². The Balaban J connectivity index is 1.30. The van der Waals surface area contributed by atoms with Crippen LogP contribution in [0.4, 0.5) is 0 Å². The molecular formula is C41H44O3. The van der Waals surface area contributed by atoms with Gasteiger partial charge in [-0.1, -0.05) is 100.0 Å². The molecule has 0 unspecified atom stereocenters. The van der Waals surface area contributed by atoms with Crippen LogP contribution in [0.2, 0.25) is 0 Å². The number of phenolic OH excluding ortho intramolecular Hbond substituents is 1. The fourth-order valence-corrected chi connectivity index (χ4v) is 6.68. The van der Waals surface area contributed by atoms with E-state index in [1.54, 1.807) is 12.1 Å². The van der Waals surface area contributed by atoms with E-state index in [2.05, 4.69) is 95.3 Å². The van der Waals surface area contributed by atoms with Crippen LogP contribution < -0.4 is 9.47 Å². The lowest BCUT2D eigenvalue weighted by atomic mass is 9.70. The van der Waals surface area contributed by atoms with Gasteiger partial charge >= 0.3 is 0 Å². The molecule has 0 aromatic heterocycles. The zero-order chi connectivity index (χ0) is 31.2. The van der Waals surface area contributed by atoms with Gasteiger partial charge in [-0.05, 0) is 103 Å². The minimum absolute atomic E-state index is 0.0203. The van der Waals surface area contributed by atoms with E-state index in [4.69, 9.17) is 9.47 Å². The standard InChI is InChI=1S/C41H44O3/c1-6-40(7-2,31-15-13-30(5)14-16-31)33-19-25-36(26-20-33)43-38-11-10-12-39(29-38)44-37-27-21-34(22-28-37)41(8-3,9-4)32-17-23-35(42)24-18-32/h10-29,42H,6-9H2,1-5H3. The Morgan fingerprint density at radius 2 is 0.795 bits per heavy atom. The van der Waals surface area contributed by atoms with Crippen LogP contribution in [0, 0.1) is 6.92 Å². The van der Waals surface area contributed by atoms with Crippen molar-refractivity contribution in [2.24, 2.45) is 0 Å². The predicted octanol–water partition coefficient (Wildman–Crippen LogP) is 11.5. The molecule has 226 valence electrons. The summed E-state index contributed by atoms with van der Waals surface area (Å²) in [5.41, 5.74) is 6.24. The fourth-order valence-electron chi connectivity index (χ4n) is 6.68. The summed E-state index contributed by atoms with van der Waals surface area (Å²) in [6, 6.07) is 41.2. The normalized spacial score (nSPS) is 11.8. The summed E-state index contributed by atoms with van der Waals surface area (Å²) in [5, 5.41) is 9.80. The van der Waals surface area contributed by atoms with E-state index in [0.29, 0.717) is 0 Å². The molecule has 3 nitrogen and oxygen atoms in total. The summed E-state index contributed by atoms with van der Waals surface area (Å²) in [5.74, 6) is 3.30.